The molecule has 90 valence electrons. The van der Waals surface area contributed by atoms with E-state index in [2.05, 4.69) is 16.5 Å². The smallest absolute Gasteiger partial charge is 0.0724 e. The van der Waals surface area contributed by atoms with Gasteiger partial charge >= 0.3 is 0 Å². The van der Waals surface area contributed by atoms with E-state index in [-0.39, 0.29) is 0 Å². The van der Waals surface area contributed by atoms with Gasteiger partial charge in [-0.2, -0.15) is 5.10 Å². The molecule has 0 bridgehead atoms. The molecule has 0 saturated heterocycles. The molecule has 2 atom stereocenters. The minimum absolute atomic E-state index is 0.377. The maximum absolute atomic E-state index is 5.52. The van der Waals surface area contributed by atoms with Crippen LogP contribution in [-0.2, 0) is 18.3 Å². The zero-order valence-electron chi connectivity index (χ0n) is 10.1. The van der Waals surface area contributed by atoms with Gasteiger partial charge in [0.15, 0.2) is 0 Å². The van der Waals surface area contributed by atoms with Gasteiger partial charge in [0.25, 0.3) is 0 Å². The molecule has 1 fully saturated rings. The van der Waals surface area contributed by atoms with Crippen LogP contribution in [0.1, 0.15) is 31.4 Å². The number of methoxy groups -OCH3 is 1. The Bertz CT molecular complexity index is 324. The molecule has 1 N–H and O–H groups in total. The van der Waals surface area contributed by atoms with Crippen molar-refractivity contribution in [3.8, 4) is 0 Å². The molecule has 1 aliphatic carbocycles. The Morgan fingerprint density at radius 3 is 3.00 bits per heavy atom. The predicted octanol–water partition coefficient (Wildman–Crippen LogP) is 1.47. The summed E-state index contributed by atoms with van der Waals surface area (Å²) in [6.07, 6.45) is 7.22. The second kappa shape index (κ2) is 5.46. The van der Waals surface area contributed by atoms with Gasteiger partial charge in [0.1, 0.15) is 0 Å². The number of aryl methyl sites for hydroxylation is 1. The van der Waals surface area contributed by atoms with Crippen molar-refractivity contribution in [1.29, 1.82) is 0 Å². The highest BCUT2D eigenvalue weighted by atomic mass is 16.5. The molecule has 1 aromatic rings. The van der Waals surface area contributed by atoms with E-state index in [4.69, 9.17) is 4.74 Å². The maximum atomic E-state index is 5.52. The standard InChI is InChI=1S/C12H21N3O/c1-15-10(7-8-14-15)9-13-11-5-3-4-6-12(11)16-2/h7-8,11-13H,3-6,9H2,1-2H3. The SMILES string of the molecule is COC1CCCCC1NCc1ccnn1C. The first-order valence-electron chi connectivity index (χ1n) is 6.04. The Balaban J connectivity index is 1.86. The van der Waals surface area contributed by atoms with Gasteiger partial charge in [0.2, 0.25) is 0 Å². The topological polar surface area (TPSA) is 39.1 Å². The Kier molecular flexibility index (Phi) is 3.96. The second-order valence-electron chi connectivity index (χ2n) is 4.49. The fourth-order valence-electron chi connectivity index (χ4n) is 2.42. The molecule has 4 heteroatoms. The van der Waals surface area contributed by atoms with Crippen LogP contribution in [0.3, 0.4) is 0 Å². The van der Waals surface area contributed by atoms with Crippen molar-refractivity contribution in [2.45, 2.75) is 44.4 Å². The first-order valence-corrected chi connectivity index (χ1v) is 6.04. The summed E-state index contributed by atoms with van der Waals surface area (Å²) in [4.78, 5) is 0. The van der Waals surface area contributed by atoms with E-state index in [0.717, 1.165) is 6.54 Å². The summed E-state index contributed by atoms with van der Waals surface area (Å²) in [5.74, 6) is 0. The molecule has 16 heavy (non-hydrogen) atoms. The lowest BCUT2D eigenvalue weighted by Gasteiger charge is -2.31. The molecule has 1 aliphatic rings. The van der Waals surface area contributed by atoms with Crippen LogP contribution in [0.15, 0.2) is 12.3 Å². The molecule has 2 unspecified atom stereocenters. The predicted molar refractivity (Wildman–Crippen MR) is 63.1 cm³/mol. The normalized spacial score (nSPS) is 25.9. The maximum Gasteiger partial charge on any atom is 0.0724 e. The van der Waals surface area contributed by atoms with Gasteiger partial charge in [-0.3, -0.25) is 4.68 Å². The third kappa shape index (κ3) is 2.62. The molecule has 1 aromatic heterocycles. The average molecular weight is 223 g/mol. The number of rotatable bonds is 4. The van der Waals surface area contributed by atoms with Crippen molar-refractivity contribution in [2.24, 2.45) is 7.05 Å². The van der Waals surface area contributed by atoms with Crippen molar-refractivity contribution < 1.29 is 4.74 Å². The highest BCUT2D eigenvalue weighted by Crippen LogP contribution is 2.20. The quantitative estimate of drug-likeness (QED) is 0.840. The largest absolute Gasteiger partial charge is 0.380 e. The summed E-state index contributed by atoms with van der Waals surface area (Å²) in [5, 5.41) is 7.74. The van der Waals surface area contributed by atoms with Crippen LogP contribution < -0.4 is 5.32 Å². The highest BCUT2D eigenvalue weighted by molar-refractivity contribution is 5.00. The zero-order chi connectivity index (χ0) is 11.4. The molecule has 0 radical (unpaired) electrons. The number of nitrogens with zero attached hydrogens (tertiary/aromatic N) is 2. The number of nitrogens with one attached hydrogen (secondary N) is 1. The van der Waals surface area contributed by atoms with E-state index in [1.807, 2.05) is 25.0 Å². The van der Waals surface area contributed by atoms with Gasteiger partial charge in [-0.1, -0.05) is 12.8 Å². The lowest BCUT2D eigenvalue weighted by atomic mass is 9.92. The van der Waals surface area contributed by atoms with Crippen LogP contribution in [0.4, 0.5) is 0 Å². The van der Waals surface area contributed by atoms with Gasteiger partial charge in [-0.25, -0.2) is 0 Å². The van der Waals surface area contributed by atoms with Gasteiger partial charge in [0, 0.05) is 32.9 Å². The number of hydrogen-bond acceptors (Lipinski definition) is 3. The molecular weight excluding hydrogens is 202 g/mol. The van der Waals surface area contributed by atoms with E-state index in [1.54, 1.807) is 0 Å². The molecule has 0 aromatic carbocycles. The summed E-state index contributed by atoms with van der Waals surface area (Å²) in [7, 11) is 3.79. The Morgan fingerprint density at radius 1 is 1.50 bits per heavy atom. The monoisotopic (exact) mass is 223 g/mol. The summed E-state index contributed by atoms with van der Waals surface area (Å²) in [6.45, 7) is 0.876. The van der Waals surface area contributed by atoms with Gasteiger partial charge in [-0.15, -0.1) is 0 Å². The van der Waals surface area contributed by atoms with E-state index in [0.29, 0.717) is 12.1 Å². The lowest BCUT2D eigenvalue weighted by Crippen LogP contribution is -2.42. The van der Waals surface area contributed by atoms with Crippen molar-refractivity contribution >= 4 is 0 Å². The molecule has 1 heterocycles. The fraction of sp³-hybridized carbons (Fsp3) is 0.750. The molecule has 0 spiro atoms. The van der Waals surface area contributed by atoms with Crippen LogP contribution in [0, 0.1) is 0 Å². The van der Waals surface area contributed by atoms with E-state index in [9.17, 15) is 0 Å². The Labute approximate surface area is 97.0 Å². The van der Waals surface area contributed by atoms with E-state index >= 15 is 0 Å². The molecule has 0 aliphatic heterocycles. The van der Waals surface area contributed by atoms with Gasteiger partial charge in [0.05, 0.1) is 11.8 Å². The summed E-state index contributed by atoms with van der Waals surface area (Å²) >= 11 is 0. The van der Waals surface area contributed by atoms with Crippen LogP contribution in [0.5, 0.6) is 0 Å². The number of aromatic nitrogens is 2. The van der Waals surface area contributed by atoms with Crippen LogP contribution in [-0.4, -0.2) is 29.0 Å². The summed E-state index contributed by atoms with van der Waals surface area (Å²) in [6, 6.07) is 2.55. The number of ether oxygens (including phenoxy) is 1. The summed E-state index contributed by atoms with van der Waals surface area (Å²) < 4.78 is 7.43. The van der Waals surface area contributed by atoms with Gasteiger partial charge in [-0.05, 0) is 18.9 Å². The second-order valence-corrected chi connectivity index (χ2v) is 4.49. The van der Waals surface area contributed by atoms with Crippen molar-refractivity contribution in [2.75, 3.05) is 7.11 Å². The fourth-order valence-corrected chi connectivity index (χ4v) is 2.42. The third-order valence-corrected chi connectivity index (χ3v) is 3.47. The average Bonchev–Trinajstić information content (AvgIpc) is 2.72. The molecule has 0 amide bonds. The van der Waals surface area contributed by atoms with Crippen molar-refractivity contribution in [1.82, 2.24) is 15.1 Å². The Morgan fingerprint density at radius 2 is 2.31 bits per heavy atom. The third-order valence-electron chi connectivity index (χ3n) is 3.47. The first kappa shape index (κ1) is 11.6. The minimum Gasteiger partial charge on any atom is -0.380 e. The van der Waals surface area contributed by atoms with Crippen LogP contribution >= 0.6 is 0 Å². The minimum atomic E-state index is 0.377. The highest BCUT2D eigenvalue weighted by Gasteiger charge is 2.24. The Hall–Kier alpha value is -0.870. The van der Waals surface area contributed by atoms with E-state index in [1.165, 1.54) is 31.4 Å². The lowest BCUT2D eigenvalue weighted by molar-refractivity contribution is 0.0411. The molecule has 4 nitrogen and oxygen atoms in total. The molecule has 2 rings (SSSR count). The van der Waals surface area contributed by atoms with Crippen LogP contribution in [0.25, 0.3) is 0 Å². The molecular formula is C12H21N3O. The van der Waals surface area contributed by atoms with Crippen molar-refractivity contribution in [3.05, 3.63) is 18.0 Å². The zero-order valence-corrected chi connectivity index (χ0v) is 10.1. The van der Waals surface area contributed by atoms with Crippen molar-refractivity contribution in [3.63, 3.8) is 0 Å². The first-order chi connectivity index (χ1) is 7.81. The number of hydrogen-bond donors (Lipinski definition) is 1. The van der Waals surface area contributed by atoms with Gasteiger partial charge < -0.3 is 10.1 Å². The molecule has 1 saturated carbocycles. The van der Waals surface area contributed by atoms with E-state index < -0.39 is 0 Å². The van der Waals surface area contributed by atoms with Crippen LogP contribution in [0.2, 0.25) is 0 Å². The summed E-state index contributed by atoms with van der Waals surface area (Å²) in [5.41, 5.74) is 1.22.